The third-order valence-corrected chi connectivity index (χ3v) is 3.06. The van der Waals surface area contributed by atoms with Crippen LogP contribution in [0.15, 0.2) is 24.3 Å². The first-order chi connectivity index (χ1) is 8.99. The topological polar surface area (TPSA) is 49.8 Å². The summed E-state index contributed by atoms with van der Waals surface area (Å²) in [6.07, 6.45) is -0.813. The summed E-state index contributed by atoms with van der Waals surface area (Å²) in [6, 6.07) is 7.59. The predicted molar refractivity (Wildman–Crippen MR) is 76.9 cm³/mol. The van der Waals surface area contributed by atoms with E-state index in [-0.39, 0.29) is 5.92 Å². The first-order valence-electron chi connectivity index (χ1n) is 6.74. The number of aliphatic carboxylic acids is 1. The van der Waals surface area contributed by atoms with Gasteiger partial charge in [0, 0.05) is 30.8 Å². The molecule has 4 nitrogen and oxygen atoms in total. The third-order valence-electron chi connectivity index (χ3n) is 3.06. The summed E-state index contributed by atoms with van der Waals surface area (Å²) in [5, 5.41) is 9.14. The Morgan fingerprint density at radius 2 is 1.95 bits per heavy atom. The molecule has 0 saturated heterocycles. The first-order valence-corrected chi connectivity index (χ1v) is 6.74. The highest BCUT2D eigenvalue weighted by Crippen LogP contribution is 2.23. The quantitative estimate of drug-likeness (QED) is 0.823. The van der Waals surface area contributed by atoms with E-state index in [0.29, 0.717) is 5.75 Å². The zero-order chi connectivity index (χ0) is 14.4. The van der Waals surface area contributed by atoms with Gasteiger partial charge in [0.05, 0.1) is 0 Å². The SMILES string of the molecule is CCN(CC)c1cccc(OC(C(=O)O)C(C)C)c1. The van der Waals surface area contributed by atoms with Crippen molar-refractivity contribution in [2.45, 2.75) is 33.8 Å². The Kier molecular flexibility index (Phi) is 5.67. The number of nitrogens with zero attached hydrogens (tertiary/aromatic N) is 1. The number of hydrogen-bond acceptors (Lipinski definition) is 3. The summed E-state index contributed by atoms with van der Waals surface area (Å²) in [4.78, 5) is 13.3. The molecule has 106 valence electrons. The molecule has 0 aliphatic carbocycles. The molecule has 1 atom stereocenters. The van der Waals surface area contributed by atoms with Gasteiger partial charge in [0.1, 0.15) is 5.75 Å². The van der Waals surface area contributed by atoms with E-state index in [9.17, 15) is 4.79 Å². The normalized spacial score (nSPS) is 12.3. The molecule has 19 heavy (non-hydrogen) atoms. The van der Waals surface area contributed by atoms with Crippen LogP contribution in [-0.4, -0.2) is 30.3 Å². The second kappa shape index (κ2) is 7.02. The van der Waals surface area contributed by atoms with Crippen molar-refractivity contribution < 1.29 is 14.6 Å². The van der Waals surface area contributed by atoms with Crippen molar-refractivity contribution >= 4 is 11.7 Å². The number of carboxylic acid groups (broad SMARTS) is 1. The molecule has 0 aliphatic rings. The molecule has 1 rings (SSSR count). The molecule has 0 heterocycles. The van der Waals surface area contributed by atoms with Gasteiger partial charge in [-0.2, -0.15) is 0 Å². The summed E-state index contributed by atoms with van der Waals surface area (Å²) < 4.78 is 5.59. The number of ether oxygens (including phenoxy) is 1. The molecule has 0 saturated carbocycles. The second-order valence-corrected chi connectivity index (χ2v) is 4.79. The van der Waals surface area contributed by atoms with Gasteiger partial charge in [-0.15, -0.1) is 0 Å². The molecule has 0 bridgehead atoms. The zero-order valence-corrected chi connectivity index (χ0v) is 12.1. The lowest BCUT2D eigenvalue weighted by atomic mass is 10.1. The minimum atomic E-state index is -0.928. The van der Waals surface area contributed by atoms with Gasteiger partial charge in [-0.05, 0) is 26.0 Å². The van der Waals surface area contributed by atoms with E-state index in [1.807, 2.05) is 32.0 Å². The van der Waals surface area contributed by atoms with Gasteiger partial charge < -0.3 is 14.7 Å². The minimum absolute atomic E-state index is 0.0744. The van der Waals surface area contributed by atoms with E-state index < -0.39 is 12.1 Å². The minimum Gasteiger partial charge on any atom is -0.478 e. The highest BCUT2D eigenvalue weighted by atomic mass is 16.5. The van der Waals surface area contributed by atoms with Crippen LogP contribution in [0.3, 0.4) is 0 Å². The van der Waals surface area contributed by atoms with Gasteiger partial charge in [0.25, 0.3) is 0 Å². The maximum atomic E-state index is 11.1. The largest absolute Gasteiger partial charge is 0.478 e. The Labute approximate surface area is 115 Å². The number of hydrogen-bond donors (Lipinski definition) is 1. The van der Waals surface area contributed by atoms with Crippen molar-refractivity contribution in [3.05, 3.63) is 24.3 Å². The smallest absolute Gasteiger partial charge is 0.345 e. The Morgan fingerprint density at radius 3 is 2.42 bits per heavy atom. The van der Waals surface area contributed by atoms with E-state index in [2.05, 4.69) is 18.7 Å². The lowest BCUT2D eigenvalue weighted by Crippen LogP contribution is -2.32. The van der Waals surface area contributed by atoms with E-state index in [1.54, 1.807) is 6.07 Å². The molecule has 0 spiro atoms. The van der Waals surface area contributed by atoms with Crippen LogP contribution in [0.25, 0.3) is 0 Å². The van der Waals surface area contributed by atoms with Crippen molar-refractivity contribution in [2.24, 2.45) is 5.92 Å². The fourth-order valence-electron chi connectivity index (χ4n) is 1.96. The number of anilines is 1. The monoisotopic (exact) mass is 265 g/mol. The number of rotatable bonds is 7. The predicted octanol–water partition coefficient (Wildman–Crippen LogP) is 3.02. The van der Waals surface area contributed by atoms with Crippen LogP contribution in [0, 0.1) is 5.92 Å². The fourth-order valence-corrected chi connectivity index (χ4v) is 1.96. The lowest BCUT2D eigenvalue weighted by Gasteiger charge is -2.23. The number of benzene rings is 1. The standard InChI is InChI=1S/C15H23NO3/c1-5-16(6-2)12-8-7-9-13(10-12)19-14(11(3)4)15(17)18/h7-11,14H,5-6H2,1-4H3,(H,17,18). The first kappa shape index (κ1) is 15.3. The molecule has 0 aromatic heterocycles. The van der Waals surface area contributed by atoms with Gasteiger partial charge in [-0.1, -0.05) is 19.9 Å². The van der Waals surface area contributed by atoms with Crippen LogP contribution in [0.4, 0.5) is 5.69 Å². The lowest BCUT2D eigenvalue weighted by molar-refractivity contribution is -0.147. The molecule has 0 amide bonds. The van der Waals surface area contributed by atoms with Crippen molar-refractivity contribution in [3.63, 3.8) is 0 Å². The van der Waals surface area contributed by atoms with Crippen LogP contribution in [0.5, 0.6) is 5.75 Å². The fraction of sp³-hybridized carbons (Fsp3) is 0.533. The van der Waals surface area contributed by atoms with Crippen LogP contribution < -0.4 is 9.64 Å². The summed E-state index contributed by atoms with van der Waals surface area (Å²) in [6.45, 7) is 9.68. The van der Waals surface area contributed by atoms with Crippen molar-refractivity contribution in [3.8, 4) is 5.75 Å². The Balaban J connectivity index is 2.90. The molecule has 1 aromatic carbocycles. The van der Waals surface area contributed by atoms with E-state index >= 15 is 0 Å². The van der Waals surface area contributed by atoms with Crippen LogP contribution in [-0.2, 0) is 4.79 Å². The maximum absolute atomic E-state index is 11.1. The molecule has 1 N–H and O–H groups in total. The molecule has 1 aromatic rings. The molecule has 0 radical (unpaired) electrons. The van der Waals surface area contributed by atoms with Gasteiger partial charge in [-0.3, -0.25) is 0 Å². The number of carboxylic acids is 1. The van der Waals surface area contributed by atoms with Crippen molar-refractivity contribution in [2.75, 3.05) is 18.0 Å². The molecule has 0 fully saturated rings. The van der Waals surface area contributed by atoms with Gasteiger partial charge in [0.2, 0.25) is 0 Å². The molecule has 4 heteroatoms. The highest BCUT2D eigenvalue weighted by Gasteiger charge is 2.23. The molecular formula is C15H23NO3. The Hall–Kier alpha value is -1.71. The van der Waals surface area contributed by atoms with Gasteiger partial charge in [0.15, 0.2) is 6.10 Å². The van der Waals surface area contributed by atoms with Crippen LogP contribution in [0.1, 0.15) is 27.7 Å². The van der Waals surface area contributed by atoms with E-state index in [0.717, 1.165) is 18.8 Å². The number of carbonyl (C=O) groups is 1. The summed E-state index contributed by atoms with van der Waals surface area (Å²) in [5.74, 6) is -0.400. The van der Waals surface area contributed by atoms with Gasteiger partial charge in [-0.25, -0.2) is 4.79 Å². The Morgan fingerprint density at radius 1 is 1.32 bits per heavy atom. The van der Waals surface area contributed by atoms with Crippen LogP contribution in [0.2, 0.25) is 0 Å². The average Bonchev–Trinajstić information content (AvgIpc) is 2.37. The third kappa shape index (κ3) is 4.16. The van der Waals surface area contributed by atoms with Crippen molar-refractivity contribution in [1.82, 2.24) is 0 Å². The highest BCUT2D eigenvalue weighted by molar-refractivity contribution is 5.73. The average molecular weight is 265 g/mol. The molecule has 0 aliphatic heterocycles. The summed E-state index contributed by atoms with van der Waals surface area (Å²) in [7, 11) is 0. The second-order valence-electron chi connectivity index (χ2n) is 4.79. The Bertz CT molecular complexity index is 414. The maximum Gasteiger partial charge on any atom is 0.345 e. The van der Waals surface area contributed by atoms with Crippen LogP contribution >= 0.6 is 0 Å². The van der Waals surface area contributed by atoms with E-state index in [4.69, 9.17) is 9.84 Å². The van der Waals surface area contributed by atoms with Crippen molar-refractivity contribution in [1.29, 1.82) is 0 Å². The molecular weight excluding hydrogens is 242 g/mol. The molecule has 1 unspecified atom stereocenters. The van der Waals surface area contributed by atoms with E-state index in [1.165, 1.54) is 0 Å². The summed E-state index contributed by atoms with van der Waals surface area (Å²) >= 11 is 0. The van der Waals surface area contributed by atoms with Gasteiger partial charge >= 0.3 is 5.97 Å². The zero-order valence-electron chi connectivity index (χ0n) is 12.1. The summed E-state index contributed by atoms with van der Waals surface area (Å²) in [5.41, 5.74) is 1.05.